The fraction of sp³-hybridized carbons (Fsp3) is 0.571. The Hall–Kier alpha value is -1.37. The third kappa shape index (κ3) is 2.84. The summed E-state index contributed by atoms with van der Waals surface area (Å²) in [4.78, 5) is 23.4. The van der Waals surface area contributed by atoms with Crippen LogP contribution < -0.4 is 10.6 Å². The predicted molar refractivity (Wildman–Crippen MR) is 52.7 cm³/mol. The van der Waals surface area contributed by atoms with Gasteiger partial charge < -0.3 is 15.0 Å². The van der Waals surface area contributed by atoms with E-state index < -0.39 is 6.09 Å². The minimum Gasteiger partial charge on any atom is -0.453 e. The first-order valence-electron chi connectivity index (χ1n) is 4.04. The van der Waals surface area contributed by atoms with Gasteiger partial charge in [0.2, 0.25) is 5.91 Å². The lowest BCUT2D eigenvalue weighted by atomic mass is 10.4. The molecule has 0 aliphatic carbocycles. The highest BCUT2D eigenvalue weighted by Gasteiger charge is 2.19. The monoisotopic (exact) mass is 217 g/mol. The number of carbonyl (C=O) groups excluding carboxylic acids is 2. The number of amides is 2. The summed E-state index contributed by atoms with van der Waals surface area (Å²) in [5.74, 6) is -0.106. The molecule has 14 heavy (non-hydrogen) atoms. The van der Waals surface area contributed by atoms with E-state index in [-0.39, 0.29) is 17.6 Å². The second kappa shape index (κ2) is 4.75. The molecule has 1 aliphatic rings. The minimum absolute atomic E-state index is 0.106. The van der Waals surface area contributed by atoms with Crippen LogP contribution in [0.3, 0.4) is 0 Å². The zero-order valence-electron chi connectivity index (χ0n) is 7.70. The fourth-order valence-corrected chi connectivity index (χ4v) is 1.27. The molecule has 1 fully saturated rings. The second-order valence-corrected chi connectivity index (χ2v) is 3.08. The SMILES string of the molecule is COC(=O)NC(=S)N1CCNC(=O)C1. The van der Waals surface area contributed by atoms with Crippen molar-refractivity contribution in [2.75, 3.05) is 26.7 Å². The molecule has 1 aliphatic heterocycles. The third-order valence-electron chi connectivity index (χ3n) is 1.72. The maximum atomic E-state index is 11.0. The highest BCUT2D eigenvalue weighted by Crippen LogP contribution is 1.94. The molecule has 0 radical (unpaired) electrons. The standard InChI is InChI=1S/C7H11N3O3S/c1-13-7(12)9-6(14)10-3-2-8-5(11)4-10/h2-4H2,1H3,(H,8,11)(H,9,12,14). The van der Waals surface area contributed by atoms with Crippen LogP contribution in [0.1, 0.15) is 0 Å². The van der Waals surface area contributed by atoms with Gasteiger partial charge >= 0.3 is 6.09 Å². The number of methoxy groups -OCH3 is 1. The Morgan fingerprint density at radius 1 is 1.71 bits per heavy atom. The van der Waals surface area contributed by atoms with Gasteiger partial charge in [0.25, 0.3) is 0 Å². The maximum absolute atomic E-state index is 11.0. The van der Waals surface area contributed by atoms with Crippen LogP contribution >= 0.6 is 12.2 Å². The zero-order valence-corrected chi connectivity index (χ0v) is 8.52. The summed E-state index contributed by atoms with van der Waals surface area (Å²) in [5.41, 5.74) is 0. The summed E-state index contributed by atoms with van der Waals surface area (Å²) in [6.07, 6.45) is -0.624. The van der Waals surface area contributed by atoms with E-state index in [1.165, 1.54) is 7.11 Å². The molecule has 0 aromatic carbocycles. The molecule has 0 spiro atoms. The van der Waals surface area contributed by atoms with E-state index in [1.807, 2.05) is 0 Å². The number of ether oxygens (including phenoxy) is 1. The molecule has 1 saturated heterocycles. The lowest BCUT2D eigenvalue weighted by Crippen LogP contribution is -2.53. The van der Waals surface area contributed by atoms with Crippen LogP contribution in [-0.2, 0) is 9.53 Å². The molecule has 1 rings (SSSR count). The molecule has 0 saturated carbocycles. The lowest BCUT2D eigenvalue weighted by Gasteiger charge is -2.28. The van der Waals surface area contributed by atoms with E-state index in [4.69, 9.17) is 12.2 Å². The average molecular weight is 217 g/mol. The van der Waals surface area contributed by atoms with E-state index >= 15 is 0 Å². The van der Waals surface area contributed by atoms with Crippen molar-refractivity contribution >= 4 is 29.3 Å². The van der Waals surface area contributed by atoms with Gasteiger partial charge in [-0.3, -0.25) is 10.1 Å². The van der Waals surface area contributed by atoms with Crippen molar-refractivity contribution in [3.05, 3.63) is 0 Å². The van der Waals surface area contributed by atoms with Crippen molar-refractivity contribution < 1.29 is 14.3 Å². The van der Waals surface area contributed by atoms with Crippen molar-refractivity contribution in [2.45, 2.75) is 0 Å². The Morgan fingerprint density at radius 2 is 2.43 bits per heavy atom. The topological polar surface area (TPSA) is 70.7 Å². The summed E-state index contributed by atoms with van der Waals surface area (Å²) >= 11 is 4.90. The van der Waals surface area contributed by atoms with E-state index in [2.05, 4.69) is 15.4 Å². The molecule has 2 N–H and O–H groups in total. The van der Waals surface area contributed by atoms with Crippen LogP contribution in [0.2, 0.25) is 0 Å². The molecule has 2 amide bonds. The van der Waals surface area contributed by atoms with Crippen LogP contribution in [-0.4, -0.2) is 48.8 Å². The normalized spacial score (nSPS) is 15.8. The van der Waals surface area contributed by atoms with E-state index in [0.717, 1.165) is 0 Å². The summed E-state index contributed by atoms with van der Waals surface area (Å²) < 4.78 is 4.37. The molecule has 6 nitrogen and oxygen atoms in total. The molecule has 0 atom stereocenters. The summed E-state index contributed by atoms with van der Waals surface area (Å²) in [6, 6.07) is 0. The van der Waals surface area contributed by atoms with Gasteiger partial charge in [0.15, 0.2) is 5.11 Å². The van der Waals surface area contributed by atoms with Crippen LogP contribution in [0.5, 0.6) is 0 Å². The summed E-state index contributed by atoms with van der Waals surface area (Å²) in [5, 5.41) is 5.20. The van der Waals surface area contributed by atoms with Gasteiger partial charge in [0.05, 0.1) is 13.7 Å². The largest absolute Gasteiger partial charge is 0.453 e. The molecular weight excluding hydrogens is 206 g/mol. The molecule has 0 bridgehead atoms. The van der Waals surface area contributed by atoms with Gasteiger partial charge in [0.1, 0.15) is 0 Å². The molecule has 1 heterocycles. The molecule has 0 aromatic rings. The quantitative estimate of drug-likeness (QED) is 0.512. The minimum atomic E-state index is -0.624. The number of hydrogen-bond acceptors (Lipinski definition) is 4. The molecule has 0 unspecified atom stereocenters. The van der Waals surface area contributed by atoms with Crippen LogP contribution in [0.15, 0.2) is 0 Å². The van der Waals surface area contributed by atoms with E-state index in [1.54, 1.807) is 4.90 Å². The first kappa shape index (κ1) is 10.7. The zero-order chi connectivity index (χ0) is 10.6. The molecule has 7 heteroatoms. The lowest BCUT2D eigenvalue weighted by molar-refractivity contribution is -0.122. The second-order valence-electron chi connectivity index (χ2n) is 2.69. The number of nitrogens with one attached hydrogen (secondary N) is 2. The van der Waals surface area contributed by atoms with Crippen LogP contribution in [0.4, 0.5) is 4.79 Å². The predicted octanol–water partition coefficient (Wildman–Crippen LogP) is -0.941. The summed E-state index contributed by atoms with van der Waals surface area (Å²) in [7, 11) is 1.25. The van der Waals surface area contributed by atoms with Gasteiger partial charge in [-0.25, -0.2) is 4.79 Å². The van der Waals surface area contributed by atoms with Gasteiger partial charge in [-0.15, -0.1) is 0 Å². The van der Waals surface area contributed by atoms with E-state index in [0.29, 0.717) is 13.1 Å². The number of thiocarbonyl (C=S) groups is 1. The number of carbonyl (C=O) groups is 2. The number of hydrogen-bond donors (Lipinski definition) is 2. The Kier molecular flexibility index (Phi) is 3.63. The van der Waals surface area contributed by atoms with Crippen molar-refractivity contribution in [1.29, 1.82) is 0 Å². The third-order valence-corrected chi connectivity index (χ3v) is 2.08. The maximum Gasteiger partial charge on any atom is 0.413 e. The fourth-order valence-electron chi connectivity index (χ4n) is 1.03. The number of piperazine rings is 1. The summed E-state index contributed by atoms with van der Waals surface area (Å²) in [6.45, 7) is 1.29. The average Bonchev–Trinajstić information content (AvgIpc) is 2.17. The van der Waals surface area contributed by atoms with Crippen LogP contribution in [0, 0.1) is 0 Å². The highest BCUT2D eigenvalue weighted by molar-refractivity contribution is 7.80. The van der Waals surface area contributed by atoms with Crippen molar-refractivity contribution in [3.63, 3.8) is 0 Å². The van der Waals surface area contributed by atoms with E-state index in [9.17, 15) is 9.59 Å². The van der Waals surface area contributed by atoms with Crippen molar-refractivity contribution in [1.82, 2.24) is 15.5 Å². The smallest absolute Gasteiger partial charge is 0.413 e. The highest BCUT2D eigenvalue weighted by atomic mass is 32.1. The molecular formula is C7H11N3O3S. The number of nitrogens with zero attached hydrogens (tertiary/aromatic N) is 1. The first-order valence-corrected chi connectivity index (χ1v) is 4.45. The Balaban J connectivity index is 2.43. The Labute approximate surface area is 86.6 Å². The number of rotatable bonds is 0. The van der Waals surface area contributed by atoms with Crippen LogP contribution in [0.25, 0.3) is 0 Å². The van der Waals surface area contributed by atoms with Gasteiger partial charge in [-0.05, 0) is 12.2 Å². The van der Waals surface area contributed by atoms with Crippen molar-refractivity contribution in [3.8, 4) is 0 Å². The Morgan fingerprint density at radius 3 is 3.00 bits per heavy atom. The Bertz CT molecular complexity index is 269. The van der Waals surface area contributed by atoms with Gasteiger partial charge in [0, 0.05) is 13.1 Å². The van der Waals surface area contributed by atoms with Gasteiger partial charge in [-0.1, -0.05) is 0 Å². The first-order chi connectivity index (χ1) is 6.63. The van der Waals surface area contributed by atoms with Crippen molar-refractivity contribution in [2.24, 2.45) is 0 Å². The van der Waals surface area contributed by atoms with Gasteiger partial charge in [-0.2, -0.15) is 0 Å². The molecule has 78 valence electrons. The molecule has 0 aromatic heterocycles. The number of alkyl carbamates (subject to hydrolysis) is 1.